The van der Waals surface area contributed by atoms with Crippen molar-refractivity contribution in [2.75, 3.05) is 13.2 Å². The molecule has 2 amide bonds. The van der Waals surface area contributed by atoms with Crippen LogP contribution < -0.4 is 10.1 Å². The van der Waals surface area contributed by atoms with Gasteiger partial charge in [-0.1, -0.05) is 55.7 Å². The van der Waals surface area contributed by atoms with Crippen LogP contribution in [0, 0.1) is 11.3 Å². The van der Waals surface area contributed by atoms with E-state index in [-0.39, 0.29) is 37.7 Å². The number of nitrogens with zero attached hydrogens (tertiary/aromatic N) is 2. The molecule has 2 saturated heterocycles. The van der Waals surface area contributed by atoms with E-state index in [1.54, 1.807) is 27.7 Å². The Morgan fingerprint density at radius 3 is 2.42 bits per heavy atom. The van der Waals surface area contributed by atoms with Crippen molar-refractivity contribution in [3.63, 3.8) is 0 Å². The van der Waals surface area contributed by atoms with Gasteiger partial charge in [-0.05, 0) is 76.8 Å². The molecule has 11 heteroatoms. The number of ketones is 1. The summed E-state index contributed by atoms with van der Waals surface area (Å²) in [6.07, 6.45) is 2.00. The van der Waals surface area contributed by atoms with Gasteiger partial charge in [-0.2, -0.15) is 0 Å². The van der Waals surface area contributed by atoms with E-state index in [1.165, 1.54) is 4.90 Å². The summed E-state index contributed by atoms with van der Waals surface area (Å²) < 4.78 is 17.6. The number of ether oxygens (including phenoxy) is 3. The van der Waals surface area contributed by atoms with E-state index in [2.05, 4.69) is 5.32 Å². The summed E-state index contributed by atoms with van der Waals surface area (Å²) in [6, 6.07) is 13.8. The zero-order chi connectivity index (χ0) is 35.6. The van der Waals surface area contributed by atoms with Crippen LogP contribution in [0.5, 0.6) is 5.88 Å². The number of esters is 1. The van der Waals surface area contributed by atoms with Crippen molar-refractivity contribution in [3.8, 4) is 5.88 Å². The van der Waals surface area contributed by atoms with Crippen molar-refractivity contribution in [2.24, 2.45) is 11.3 Å². The Labute approximate surface area is 293 Å². The number of aliphatic hydroxyl groups is 1. The molecule has 2 N–H and O–H groups in total. The van der Waals surface area contributed by atoms with Crippen LogP contribution in [0.25, 0.3) is 21.7 Å². The molecule has 0 bridgehead atoms. The van der Waals surface area contributed by atoms with Gasteiger partial charge in [0, 0.05) is 23.6 Å². The van der Waals surface area contributed by atoms with Gasteiger partial charge in [-0.15, -0.1) is 0 Å². The molecule has 3 aromatic rings. The number of amides is 2. The summed E-state index contributed by atoms with van der Waals surface area (Å²) in [5.41, 5.74) is -1.04. The molecule has 3 fully saturated rings. The number of carbonyl (C=O) groups excluding carboxylic acids is 4. The molecule has 1 unspecified atom stereocenters. The molecule has 268 valence electrons. The number of hydrogen-bond acceptors (Lipinski definition) is 9. The Kier molecular flexibility index (Phi) is 10.3. The van der Waals surface area contributed by atoms with Crippen molar-refractivity contribution in [3.05, 3.63) is 48.5 Å². The van der Waals surface area contributed by atoms with Crippen LogP contribution in [-0.4, -0.2) is 81.8 Å². The minimum atomic E-state index is -1.04. The lowest BCUT2D eigenvalue weighted by atomic mass is 9.90. The third-order valence-corrected chi connectivity index (χ3v) is 10.2. The van der Waals surface area contributed by atoms with Crippen molar-refractivity contribution in [1.29, 1.82) is 0 Å². The monoisotopic (exact) mass is 687 g/mol. The highest BCUT2D eigenvalue weighted by Gasteiger charge is 2.63. The third kappa shape index (κ3) is 7.72. The molecule has 6 rings (SSSR count). The van der Waals surface area contributed by atoms with Crippen LogP contribution in [0.4, 0.5) is 4.79 Å². The highest BCUT2D eigenvalue weighted by atomic mass is 16.6. The number of nitrogens with one attached hydrogen (secondary N) is 1. The van der Waals surface area contributed by atoms with E-state index in [9.17, 15) is 24.3 Å². The van der Waals surface area contributed by atoms with Gasteiger partial charge in [-0.3, -0.25) is 14.4 Å². The molecule has 1 saturated carbocycles. The van der Waals surface area contributed by atoms with Gasteiger partial charge in [0.2, 0.25) is 11.8 Å². The molecule has 1 aliphatic carbocycles. The minimum absolute atomic E-state index is 0.0964. The fraction of sp³-hybridized carbons (Fsp3) is 0.564. The largest absolute Gasteiger partial charge is 0.472 e. The van der Waals surface area contributed by atoms with Gasteiger partial charge < -0.3 is 29.5 Å². The number of benzene rings is 2. The van der Waals surface area contributed by atoms with Crippen LogP contribution in [0.1, 0.15) is 85.5 Å². The Bertz CT molecular complexity index is 1750. The number of pyridine rings is 1. The Morgan fingerprint density at radius 2 is 1.68 bits per heavy atom. The van der Waals surface area contributed by atoms with E-state index in [0.717, 1.165) is 34.5 Å². The number of rotatable bonds is 5. The fourth-order valence-electron chi connectivity index (χ4n) is 7.74. The Hall–Kier alpha value is -4.25. The summed E-state index contributed by atoms with van der Waals surface area (Å²) in [6.45, 7) is 7.27. The number of para-hydroxylation sites is 1. The number of aliphatic hydroxyl groups excluding tert-OH is 1. The smallest absolute Gasteiger partial charge is 0.408 e. The van der Waals surface area contributed by atoms with Gasteiger partial charge in [-0.25, -0.2) is 9.78 Å². The van der Waals surface area contributed by atoms with Crippen LogP contribution in [0.3, 0.4) is 0 Å². The van der Waals surface area contributed by atoms with Crippen molar-refractivity contribution < 1.29 is 38.5 Å². The number of hydrogen-bond donors (Lipinski definition) is 2. The van der Waals surface area contributed by atoms with Gasteiger partial charge in [0.1, 0.15) is 17.7 Å². The van der Waals surface area contributed by atoms with Crippen LogP contribution in [0.2, 0.25) is 0 Å². The van der Waals surface area contributed by atoms with E-state index < -0.39 is 53.3 Å². The predicted molar refractivity (Wildman–Crippen MR) is 187 cm³/mol. The van der Waals surface area contributed by atoms with Crippen LogP contribution in [0.15, 0.2) is 48.5 Å². The maximum atomic E-state index is 14.5. The van der Waals surface area contributed by atoms with Crippen LogP contribution >= 0.6 is 0 Å². The number of Topliss-reactive ketones (excluding diaryl/α,β-unsaturated/α-hetero) is 1. The molecule has 1 aromatic heterocycles. The zero-order valence-corrected chi connectivity index (χ0v) is 29.5. The van der Waals surface area contributed by atoms with Crippen LogP contribution in [-0.2, 0) is 23.9 Å². The molecule has 6 atom stereocenters. The summed E-state index contributed by atoms with van der Waals surface area (Å²) in [5, 5.41) is 16.4. The Morgan fingerprint density at radius 1 is 0.980 bits per heavy atom. The average molecular weight is 688 g/mol. The number of aromatic nitrogens is 1. The molecule has 3 heterocycles. The molecule has 0 radical (unpaired) electrons. The number of alkyl carbamates (subject to hydrolysis) is 1. The summed E-state index contributed by atoms with van der Waals surface area (Å²) in [7, 11) is 0. The Balaban J connectivity index is 1.33. The SMILES string of the molecule is CCOC(=O)[C@]12CC(=O)[C@@H]3C[C@@H](Oc4nc5ccccc5c5ccccc45)CN3C(=O)[C@@H](NC(=O)OC(C)(C)C)CCCCCC(O)C[C@@H]1C2. The first-order chi connectivity index (χ1) is 23.9. The molecule has 50 heavy (non-hydrogen) atoms. The van der Waals surface area contributed by atoms with Crippen molar-refractivity contribution in [2.45, 2.75) is 115 Å². The first-order valence-corrected chi connectivity index (χ1v) is 18.0. The summed E-state index contributed by atoms with van der Waals surface area (Å²) in [4.78, 5) is 61.5. The van der Waals surface area contributed by atoms with Gasteiger partial charge >= 0.3 is 12.1 Å². The van der Waals surface area contributed by atoms with E-state index in [0.29, 0.717) is 38.0 Å². The highest BCUT2D eigenvalue weighted by Crippen LogP contribution is 2.59. The van der Waals surface area contributed by atoms with Gasteiger partial charge in [0.15, 0.2) is 5.78 Å². The minimum Gasteiger partial charge on any atom is -0.472 e. The summed E-state index contributed by atoms with van der Waals surface area (Å²) in [5.74, 6) is -0.872. The predicted octanol–water partition coefficient (Wildman–Crippen LogP) is 5.87. The average Bonchev–Trinajstić information content (AvgIpc) is 3.57. The molecule has 2 aliphatic heterocycles. The first kappa shape index (κ1) is 35.6. The zero-order valence-electron chi connectivity index (χ0n) is 29.5. The quantitative estimate of drug-likeness (QED) is 0.249. The summed E-state index contributed by atoms with van der Waals surface area (Å²) >= 11 is 0. The first-order valence-electron chi connectivity index (χ1n) is 18.0. The normalized spacial score (nSPS) is 27.9. The third-order valence-electron chi connectivity index (χ3n) is 10.2. The van der Waals surface area contributed by atoms with Gasteiger partial charge in [0.25, 0.3) is 0 Å². The van der Waals surface area contributed by atoms with Gasteiger partial charge in [0.05, 0.1) is 36.2 Å². The number of fused-ring (bicyclic) bond motifs is 5. The molecule has 11 nitrogen and oxygen atoms in total. The second-order valence-electron chi connectivity index (χ2n) is 15.1. The lowest BCUT2D eigenvalue weighted by molar-refractivity contribution is -0.153. The standard InChI is InChI=1S/C39H49N3O8/c1-5-48-36(46)39-21-24(39)19-25(43)13-7-6-8-18-31(41-37(47)50-38(2,3)4)35(45)42-23-26(20-32(42)33(44)22-39)49-34-29-16-10-9-14-27(29)28-15-11-12-17-30(28)40-34/h9-12,14-17,24-26,31-32,43H,5-8,13,18-23H2,1-4H3,(H,41,47)/t24-,25?,26-,31+,32+,39-/m1/s1. The number of carbonyl (C=O) groups is 4. The van der Waals surface area contributed by atoms with Crippen molar-refractivity contribution >= 4 is 45.4 Å². The highest BCUT2D eigenvalue weighted by molar-refractivity contribution is 6.07. The second-order valence-corrected chi connectivity index (χ2v) is 15.1. The van der Waals surface area contributed by atoms with E-state index >= 15 is 0 Å². The molecule has 0 spiro atoms. The van der Waals surface area contributed by atoms with E-state index in [4.69, 9.17) is 19.2 Å². The second kappa shape index (κ2) is 14.5. The fourth-order valence-corrected chi connectivity index (χ4v) is 7.74. The molecular formula is C39H49N3O8. The maximum Gasteiger partial charge on any atom is 0.408 e. The van der Waals surface area contributed by atoms with E-state index in [1.807, 2.05) is 48.5 Å². The molecular weight excluding hydrogens is 638 g/mol. The molecule has 3 aliphatic rings. The maximum absolute atomic E-state index is 14.5. The topological polar surface area (TPSA) is 144 Å². The molecule has 2 aromatic carbocycles. The van der Waals surface area contributed by atoms with Crippen molar-refractivity contribution in [1.82, 2.24) is 15.2 Å². The lowest BCUT2D eigenvalue weighted by Crippen LogP contribution is -2.52. The lowest BCUT2D eigenvalue weighted by Gasteiger charge is -2.30.